The van der Waals surface area contributed by atoms with Crippen LogP contribution in [-0.4, -0.2) is 38.7 Å². The van der Waals surface area contributed by atoms with Crippen molar-refractivity contribution in [3.8, 4) is 0 Å². The number of aliphatic carboxylic acids is 1. The molecule has 124 valence electrons. The fraction of sp³-hybridized carbons (Fsp3) is 0.556. The molecule has 1 aliphatic rings. The van der Waals surface area contributed by atoms with E-state index in [1.165, 1.54) is 5.56 Å². The van der Waals surface area contributed by atoms with E-state index in [4.69, 9.17) is 0 Å². The van der Waals surface area contributed by atoms with Crippen molar-refractivity contribution in [2.45, 2.75) is 33.7 Å². The Balaban J connectivity index is 1.83. The van der Waals surface area contributed by atoms with Gasteiger partial charge in [-0.2, -0.15) is 5.10 Å². The summed E-state index contributed by atoms with van der Waals surface area (Å²) >= 11 is 0. The van der Waals surface area contributed by atoms with E-state index in [0.29, 0.717) is 12.5 Å². The molecule has 3 rings (SSSR count). The zero-order valence-electron chi connectivity index (χ0n) is 14.1. The SMILES string of the molecule is CC(C)(C)[C@@H]1C[C@H](C(=O)O)CN(Cc2cccn3nccc23)C1. The van der Waals surface area contributed by atoms with Crippen LogP contribution in [0.1, 0.15) is 32.8 Å². The molecule has 0 aliphatic carbocycles. The highest BCUT2D eigenvalue weighted by atomic mass is 16.4. The molecule has 0 spiro atoms. The zero-order chi connectivity index (χ0) is 16.6. The summed E-state index contributed by atoms with van der Waals surface area (Å²) in [5.41, 5.74) is 2.41. The molecule has 0 radical (unpaired) electrons. The second-order valence-corrected chi connectivity index (χ2v) is 7.72. The van der Waals surface area contributed by atoms with Gasteiger partial charge in [-0.15, -0.1) is 0 Å². The number of rotatable bonds is 3. The van der Waals surface area contributed by atoms with Crippen LogP contribution in [0.4, 0.5) is 0 Å². The van der Waals surface area contributed by atoms with E-state index in [0.717, 1.165) is 25.0 Å². The van der Waals surface area contributed by atoms with Crippen molar-refractivity contribution < 1.29 is 9.90 Å². The molecule has 5 heteroatoms. The largest absolute Gasteiger partial charge is 0.481 e. The number of likely N-dealkylation sites (tertiary alicyclic amines) is 1. The molecule has 1 aliphatic heterocycles. The summed E-state index contributed by atoms with van der Waals surface area (Å²) in [6.07, 6.45) is 4.51. The van der Waals surface area contributed by atoms with Gasteiger partial charge in [-0.3, -0.25) is 9.69 Å². The van der Waals surface area contributed by atoms with Crippen molar-refractivity contribution >= 4 is 11.5 Å². The molecule has 2 aromatic rings. The smallest absolute Gasteiger partial charge is 0.307 e. The van der Waals surface area contributed by atoms with Gasteiger partial charge in [0.2, 0.25) is 0 Å². The Morgan fingerprint density at radius 1 is 1.35 bits per heavy atom. The molecule has 0 bridgehead atoms. The van der Waals surface area contributed by atoms with Crippen molar-refractivity contribution in [2.75, 3.05) is 13.1 Å². The van der Waals surface area contributed by atoms with E-state index in [1.807, 2.05) is 22.8 Å². The molecule has 2 atom stereocenters. The predicted octanol–water partition coefficient (Wildman–Crippen LogP) is 2.90. The summed E-state index contributed by atoms with van der Waals surface area (Å²) in [6.45, 7) is 8.96. The number of hydrogen-bond donors (Lipinski definition) is 1. The quantitative estimate of drug-likeness (QED) is 0.946. The average molecular weight is 315 g/mol. The van der Waals surface area contributed by atoms with Gasteiger partial charge in [0, 0.05) is 32.0 Å². The third kappa shape index (κ3) is 3.39. The van der Waals surface area contributed by atoms with Crippen molar-refractivity contribution in [1.29, 1.82) is 0 Å². The maximum Gasteiger partial charge on any atom is 0.307 e. The average Bonchev–Trinajstić information content (AvgIpc) is 2.95. The van der Waals surface area contributed by atoms with Crippen LogP contribution in [-0.2, 0) is 11.3 Å². The maximum atomic E-state index is 11.6. The van der Waals surface area contributed by atoms with Crippen molar-refractivity contribution in [3.63, 3.8) is 0 Å². The fourth-order valence-corrected chi connectivity index (χ4v) is 3.51. The van der Waals surface area contributed by atoms with Crippen LogP contribution in [0.25, 0.3) is 5.52 Å². The van der Waals surface area contributed by atoms with Crippen LogP contribution in [0.5, 0.6) is 0 Å². The van der Waals surface area contributed by atoms with Crippen LogP contribution >= 0.6 is 0 Å². The number of hydrogen-bond acceptors (Lipinski definition) is 3. The first-order valence-electron chi connectivity index (χ1n) is 8.21. The van der Waals surface area contributed by atoms with E-state index < -0.39 is 5.97 Å². The van der Waals surface area contributed by atoms with Crippen LogP contribution < -0.4 is 0 Å². The Morgan fingerprint density at radius 3 is 2.83 bits per heavy atom. The van der Waals surface area contributed by atoms with E-state index >= 15 is 0 Å². The van der Waals surface area contributed by atoms with E-state index in [-0.39, 0.29) is 11.3 Å². The van der Waals surface area contributed by atoms with Gasteiger partial charge >= 0.3 is 5.97 Å². The van der Waals surface area contributed by atoms with Crippen molar-refractivity contribution in [3.05, 3.63) is 36.2 Å². The molecule has 1 saturated heterocycles. The Kier molecular flexibility index (Phi) is 4.15. The molecule has 0 aromatic carbocycles. The van der Waals surface area contributed by atoms with Gasteiger partial charge in [-0.1, -0.05) is 26.8 Å². The summed E-state index contributed by atoms with van der Waals surface area (Å²) in [5.74, 6) is -0.564. The highest BCUT2D eigenvalue weighted by Crippen LogP contribution is 2.36. The normalized spacial score (nSPS) is 23.3. The molecule has 0 amide bonds. The maximum absolute atomic E-state index is 11.6. The molecular formula is C18H25N3O2. The van der Waals surface area contributed by atoms with Crippen LogP contribution in [0, 0.1) is 17.3 Å². The summed E-state index contributed by atoms with van der Waals surface area (Å²) in [5, 5.41) is 13.8. The van der Waals surface area contributed by atoms with Crippen molar-refractivity contribution in [1.82, 2.24) is 14.5 Å². The Morgan fingerprint density at radius 2 is 2.13 bits per heavy atom. The van der Waals surface area contributed by atoms with E-state index in [2.05, 4.69) is 36.8 Å². The lowest BCUT2D eigenvalue weighted by Crippen LogP contribution is -2.46. The van der Waals surface area contributed by atoms with Gasteiger partial charge in [0.15, 0.2) is 0 Å². The lowest BCUT2D eigenvalue weighted by atomic mass is 9.73. The first-order valence-corrected chi connectivity index (χ1v) is 8.21. The Hall–Kier alpha value is -1.88. The molecule has 5 nitrogen and oxygen atoms in total. The number of nitrogens with zero attached hydrogens (tertiary/aromatic N) is 3. The van der Waals surface area contributed by atoms with Gasteiger partial charge in [0.25, 0.3) is 0 Å². The van der Waals surface area contributed by atoms with Gasteiger partial charge in [0.1, 0.15) is 0 Å². The predicted molar refractivity (Wildman–Crippen MR) is 89.2 cm³/mol. The minimum atomic E-state index is -0.675. The second kappa shape index (κ2) is 5.96. The number of fused-ring (bicyclic) bond motifs is 1. The highest BCUT2D eigenvalue weighted by Gasteiger charge is 2.37. The highest BCUT2D eigenvalue weighted by molar-refractivity contribution is 5.70. The molecular weight excluding hydrogens is 290 g/mol. The standard InChI is InChI=1S/C18H25N3O2/c1-18(2,3)15-9-14(17(22)23)11-20(12-15)10-13-5-4-8-21-16(13)6-7-19-21/h4-8,14-15H,9-12H2,1-3H3,(H,22,23)/t14-,15+/m0/s1. The first kappa shape index (κ1) is 16.0. The van der Waals surface area contributed by atoms with Crippen LogP contribution in [0.15, 0.2) is 30.6 Å². The molecule has 2 aromatic heterocycles. The summed E-state index contributed by atoms with van der Waals surface area (Å²) in [7, 11) is 0. The number of carbonyl (C=O) groups is 1. The molecule has 23 heavy (non-hydrogen) atoms. The fourth-order valence-electron chi connectivity index (χ4n) is 3.51. The van der Waals surface area contributed by atoms with Gasteiger partial charge < -0.3 is 5.11 Å². The van der Waals surface area contributed by atoms with E-state index in [9.17, 15) is 9.90 Å². The van der Waals surface area contributed by atoms with Gasteiger partial charge in [-0.25, -0.2) is 4.52 Å². The molecule has 1 N–H and O–H groups in total. The number of aromatic nitrogens is 2. The Bertz CT molecular complexity index is 702. The number of pyridine rings is 1. The van der Waals surface area contributed by atoms with Crippen LogP contribution in [0.3, 0.4) is 0 Å². The molecule has 0 saturated carbocycles. The van der Waals surface area contributed by atoms with Gasteiger partial charge in [-0.05, 0) is 35.4 Å². The first-order chi connectivity index (χ1) is 10.8. The number of piperidine rings is 1. The Labute approximate surface area is 136 Å². The molecule has 3 heterocycles. The van der Waals surface area contributed by atoms with Crippen molar-refractivity contribution in [2.24, 2.45) is 17.3 Å². The lowest BCUT2D eigenvalue weighted by molar-refractivity contribution is -0.145. The summed E-state index contributed by atoms with van der Waals surface area (Å²) in [6, 6.07) is 6.11. The minimum absolute atomic E-state index is 0.120. The topological polar surface area (TPSA) is 57.8 Å². The minimum Gasteiger partial charge on any atom is -0.481 e. The number of carboxylic acid groups (broad SMARTS) is 1. The monoisotopic (exact) mass is 315 g/mol. The summed E-state index contributed by atoms with van der Waals surface area (Å²) in [4.78, 5) is 13.8. The molecule has 1 fully saturated rings. The van der Waals surface area contributed by atoms with Crippen LogP contribution in [0.2, 0.25) is 0 Å². The lowest BCUT2D eigenvalue weighted by Gasteiger charge is -2.42. The third-order valence-corrected chi connectivity index (χ3v) is 5.02. The summed E-state index contributed by atoms with van der Waals surface area (Å²) < 4.78 is 1.87. The van der Waals surface area contributed by atoms with E-state index in [1.54, 1.807) is 6.20 Å². The van der Waals surface area contributed by atoms with Gasteiger partial charge in [0.05, 0.1) is 11.4 Å². The second-order valence-electron chi connectivity index (χ2n) is 7.72. The zero-order valence-corrected chi connectivity index (χ0v) is 14.1. The third-order valence-electron chi connectivity index (χ3n) is 5.02. The molecule has 0 unspecified atom stereocenters. The number of carboxylic acids is 1.